The molecule has 1 aliphatic carbocycles. The number of nitrogens with two attached hydrogens (primary N) is 1. The fraction of sp³-hybridized carbons (Fsp3) is 0.280. The van der Waals surface area contributed by atoms with E-state index in [1.165, 1.54) is 21.7 Å². The van der Waals surface area contributed by atoms with E-state index in [0.717, 1.165) is 6.07 Å². The minimum Gasteiger partial charge on any atom is -0.365 e. The zero-order chi connectivity index (χ0) is 25.8. The van der Waals surface area contributed by atoms with E-state index in [2.05, 4.69) is 9.94 Å². The van der Waals surface area contributed by atoms with Gasteiger partial charge in [-0.2, -0.15) is 5.10 Å². The smallest absolute Gasteiger partial charge is 0.252 e. The molecule has 2 amide bonds. The maximum absolute atomic E-state index is 14.2. The average molecular weight is 514 g/mol. The van der Waals surface area contributed by atoms with Gasteiger partial charge in [0.05, 0.1) is 41.4 Å². The van der Waals surface area contributed by atoms with Gasteiger partial charge in [0.1, 0.15) is 11.5 Å². The molecule has 5 rings (SSSR count). The van der Waals surface area contributed by atoms with Crippen LogP contribution in [0.15, 0.2) is 42.5 Å². The van der Waals surface area contributed by atoms with Crippen molar-refractivity contribution in [3.63, 3.8) is 0 Å². The highest BCUT2D eigenvalue weighted by atomic mass is 35.5. The number of primary amides is 1. The highest BCUT2D eigenvalue weighted by molar-refractivity contribution is 6.31. The lowest BCUT2D eigenvalue weighted by molar-refractivity contribution is -0.176. The van der Waals surface area contributed by atoms with Crippen LogP contribution in [0.1, 0.15) is 34.5 Å². The number of benzene rings is 2. The van der Waals surface area contributed by atoms with Gasteiger partial charge >= 0.3 is 0 Å². The predicted molar refractivity (Wildman–Crippen MR) is 125 cm³/mol. The van der Waals surface area contributed by atoms with Crippen molar-refractivity contribution in [2.45, 2.75) is 37.3 Å². The van der Waals surface area contributed by atoms with Crippen LogP contribution in [0, 0.1) is 12.4 Å². The summed E-state index contributed by atoms with van der Waals surface area (Å²) in [4.78, 5) is 30.5. The second kappa shape index (κ2) is 8.38. The van der Waals surface area contributed by atoms with Gasteiger partial charge in [-0.1, -0.05) is 35.9 Å². The molecule has 0 bridgehead atoms. The van der Waals surface area contributed by atoms with Crippen LogP contribution in [-0.2, 0) is 23.3 Å². The minimum absolute atomic E-state index is 0.00871. The first-order valence-corrected chi connectivity index (χ1v) is 11.4. The second-order valence-corrected chi connectivity index (χ2v) is 9.62. The van der Waals surface area contributed by atoms with E-state index in [0.29, 0.717) is 16.8 Å². The van der Waals surface area contributed by atoms with Crippen molar-refractivity contribution in [3.05, 3.63) is 81.5 Å². The first-order valence-electron chi connectivity index (χ1n) is 11.0. The van der Waals surface area contributed by atoms with E-state index in [-0.39, 0.29) is 47.4 Å². The lowest BCUT2D eigenvalue weighted by atomic mass is 9.72. The van der Waals surface area contributed by atoms with Crippen molar-refractivity contribution in [3.8, 4) is 11.3 Å². The van der Waals surface area contributed by atoms with Gasteiger partial charge in [0.15, 0.2) is 5.69 Å². The van der Waals surface area contributed by atoms with Crippen molar-refractivity contribution in [1.82, 2.24) is 14.7 Å². The third-order valence-electron chi connectivity index (χ3n) is 6.64. The Morgan fingerprint density at radius 3 is 2.44 bits per heavy atom. The zero-order valence-electron chi connectivity index (χ0n) is 18.8. The number of fused-ring (bicyclic) bond motifs is 2. The summed E-state index contributed by atoms with van der Waals surface area (Å²) in [5.41, 5.74) is 6.19. The summed E-state index contributed by atoms with van der Waals surface area (Å²) in [6.45, 7) is 6.97. The van der Waals surface area contributed by atoms with Crippen molar-refractivity contribution in [2.24, 2.45) is 5.73 Å². The van der Waals surface area contributed by atoms with Crippen LogP contribution in [-0.4, -0.2) is 39.0 Å². The van der Waals surface area contributed by atoms with Crippen LogP contribution in [0.25, 0.3) is 16.1 Å². The second-order valence-electron chi connectivity index (χ2n) is 9.21. The van der Waals surface area contributed by atoms with Gasteiger partial charge in [-0.05, 0) is 23.8 Å². The molecule has 2 aliphatic rings. The Kier molecular flexibility index (Phi) is 5.56. The van der Waals surface area contributed by atoms with Crippen LogP contribution in [0.5, 0.6) is 0 Å². The number of carbonyl (C=O) groups is 2. The highest BCUT2D eigenvalue weighted by Crippen LogP contribution is 2.53. The van der Waals surface area contributed by atoms with Crippen LogP contribution >= 0.6 is 11.6 Å². The summed E-state index contributed by atoms with van der Waals surface area (Å²) in [7, 11) is 0. The van der Waals surface area contributed by atoms with Gasteiger partial charge in [-0.3, -0.25) is 14.3 Å². The molecule has 0 saturated heterocycles. The van der Waals surface area contributed by atoms with Crippen LogP contribution in [0.4, 0.5) is 18.9 Å². The number of hydrogen-bond donors (Lipinski definition) is 1. The lowest BCUT2D eigenvalue weighted by Gasteiger charge is -2.52. The predicted octanol–water partition coefficient (Wildman–Crippen LogP) is 4.70. The molecule has 0 atom stereocenters. The zero-order valence-corrected chi connectivity index (χ0v) is 19.5. The van der Waals surface area contributed by atoms with Crippen molar-refractivity contribution >= 4 is 29.1 Å². The van der Waals surface area contributed by atoms with Gasteiger partial charge in [0.25, 0.3) is 11.8 Å². The minimum atomic E-state index is -2.95. The van der Waals surface area contributed by atoms with E-state index in [1.54, 1.807) is 24.3 Å². The standard InChI is InChI=1S/C25H19ClF3N5O2/c1-31-16-5-2-14(3-6-16)8-20(35)33-10-19-21(23(30)36)22(15-4-7-18(27)17(26)9-15)32-34(19)24(13-33)11-25(28,29)12-24/h2-7,9H,8,10-13H2,(H2,30,36). The van der Waals surface area contributed by atoms with Crippen LogP contribution < -0.4 is 5.73 Å². The molecule has 7 nitrogen and oxygen atoms in total. The Morgan fingerprint density at radius 2 is 1.86 bits per heavy atom. The molecule has 2 heterocycles. The summed E-state index contributed by atoms with van der Waals surface area (Å²) in [5, 5.41) is 4.29. The molecular formula is C25H19ClF3N5O2. The van der Waals surface area contributed by atoms with Crippen LogP contribution in [0.2, 0.25) is 5.02 Å². The fourth-order valence-electron chi connectivity index (χ4n) is 5.08. The van der Waals surface area contributed by atoms with Crippen molar-refractivity contribution in [2.75, 3.05) is 6.54 Å². The maximum atomic E-state index is 14.2. The molecule has 2 N–H and O–H groups in total. The number of nitrogens with zero attached hydrogens (tertiary/aromatic N) is 4. The van der Waals surface area contributed by atoms with E-state index < -0.39 is 36.0 Å². The van der Waals surface area contributed by atoms with Gasteiger partial charge in [0, 0.05) is 24.9 Å². The average Bonchev–Trinajstić information content (AvgIpc) is 3.20. The normalized spacial score (nSPS) is 17.2. The highest BCUT2D eigenvalue weighted by Gasteiger charge is 2.61. The number of alkyl halides is 2. The number of amides is 2. The van der Waals surface area contributed by atoms with E-state index in [9.17, 15) is 22.8 Å². The van der Waals surface area contributed by atoms with Gasteiger partial charge in [-0.15, -0.1) is 0 Å². The Bertz CT molecular complexity index is 1440. The summed E-state index contributed by atoms with van der Waals surface area (Å²) >= 11 is 5.92. The maximum Gasteiger partial charge on any atom is 0.252 e. The Balaban J connectivity index is 1.56. The quantitative estimate of drug-likeness (QED) is 0.513. The number of aromatic nitrogens is 2. The van der Waals surface area contributed by atoms with Gasteiger partial charge < -0.3 is 10.6 Å². The molecule has 3 aromatic rings. The molecule has 1 aliphatic heterocycles. The fourth-order valence-corrected chi connectivity index (χ4v) is 5.26. The largest absolute Gasteiger partial charge is 0.365 e. The molecule has 184 valence electrons. The Labute approximate surface area is 209 Å². The van der Waals surface area contributed by atoms with Crippen molar-refractivity contribution < 1.29 is 22.8 Å². The molecule has 0 unspecified atom stereocenters. The molecule has 1 fully saturated rings. The molecule has 1 spiro atoms. The number of rotatable bonds is 4. The lowest BCUT2D eigenvalue weighted by Crippen LogP contribution is -2.63. The van der Waals surface area contributed by atoms with E-state index in [1.807, 2.05) is 0 Å². The molecular weight excluding hydrogens is 495 g/mol. The van der Waals surface area contributed by atoms with E-state index >= 15 is 0 Å². The van der Waals surface area contributed by atoms with Crippen molar-refractivity contribution in [1.29, 1.82) is 0 Å². The summed E-state index contributed by atoms with van der Waals surface area (Å²) in [6.07, 6.45) is -1.12. The van der Waals surface area contributed by atoms with Crippen LogP contribution in [0.3, 0.4) is 0 Å². The first kappa shape index (κ1) is 23.9. The molecule has 1 saturated carbocycles. The van der Waals surface area contributed by atoms with Gasteiger partial charge in [-0.25, -0.2) is 18.0 Å². The third kappa shape index (κ3) is 3.99. The number of halogens is 4. The molecule has 11 heteroatoms. The first-order chi connectivity index (χ1) is 17.0. The molecule has 36 heavy (non-hydrogen) atoms. The number of hydrogen-bond acceptors (Lipinski definition) is 3. The van der Waals surface area contributed by atoms with Gasteiger partial charge in [0.2, 0.25) is 5.91 Å². The number of carbonyl (C=O) groups excluding carboxylic acids is 2. The SMILES string of the molecule is [C-]#[N+]c1ccc(CC(=O)N2Cc3c(C(N)=O)c(-c4ccc(F)c(Cl)c4)nn3C3(C2)CC(F)(F)C3)cc1. The Morgan fingerprint density at radius 1 is 1.17 bits per heavy atom. The molecule has 1 aromatic heterocycles. The summed E-state index contributed by atoms with van der Waals surface area (Å²) < 4.78 is 43.5. The molecule has 2 aromatic carbocycles. The van der Waals surface area contributed by atoms with E-state index in [4.69, 9.17) is 23.9 Å². The Hall–Kier alpha value is -3.84. The monoisotopic (exact) mass is 513 g/mol. The summed E-state index contributed by atoms with van der Waals surface area (Å²) in [5.74, 6) is -4.79. The third-order valence-corrected chi connectivity index (χ3v) is 6.93. The molecule has 0 radical (unpaired) electrons. The topological polar surface area (TPSA) is 85.6 Å². The summed E-state index contributed by atoms with van der Waals surface area (Å²) in [6, 6.07) is 10.3.